The van der Waals surface area contributed by atoms with Crippen LogP contribution in [0.5, 0.6) is 5.75 Å². The number of likely N-dealkylation sites (tertiary alicyclic amines) is 1. The third-order valence-electron chi connectivity index (χ3n) is 8.82. The van der Waals surface area contributed by atoms with Gasteiger partial charge in [-0.15, -0.1) is 0 Å². The maximum atomic E-state index is 13.9. The molecule has 1 aliphatic heterocycles. The molecule has 2 amide bonds. The lowest BCUT2D eigenvalue weighted by molar-refractivity contribution is -0.128. The Morgan fingerprint density at radius 1 is 0.905 bits per heavy atom. The summed E-state index contributed by atoms with van der Waals surface area (Å²) in [5, 5.41) is 3.31. The van der Waals surface area contributed by atoms with Crippen LogP contribution in [0.3, 0.4) is 0 Å². The normalized spacial score (nSPS) is 22.5. The average Bonchev–Trinajstić information content (AvgIpc) is 3.02. The van der Waals surface area contributed by atoms with Crippen LogP contribution in [0, 0.1) is 6.92 Å². The molecular weight excluding hydrogens is 524 g/mol. The molecule has 2 aliphatic rings. The Labute approximate surface area is 250 Å². The van der Waals surface area contributed by atoms with Crippen molar-refractivity contribution in [3.63, 3.8) is 0 Å². The fourth-order valence-electron chi connectivity index (χ4n) is 6.33. The van der Waals surface area contributed by atoms with Crippen LogP contribution in [0.15, 0.2) is 78.9 Å². The van der Waals surface area contributed by atoms with E-state index in [0.29, 0.717) is 18.5 Å². The quantitative estimate of drug-likeness (QED) is 0.377. The first-order chi connectivity index (χ1) is 20.4. The van der Waals surface area contributed by atoms with Crippen LogP contribution in [-0.2, 0) is 17.9 Å². The summed E-state index contributed by atoms with van der Waals surface area (Å²) in [4.78, 5) is 32.0. The van der Waals surface area contributed by atoms with E-state index < -0.39 is 6.04 Å². The molecule has 1 saturated heterocycles. The van der Waals surface area contributed by atoms with Crippen LogP contribution in [0.4, 0.5) is 0 Å². The lowest BCUT2D eigenvalue weighted by Gasteiger charge is -2.43. The van der Waals surface area contributed by atoms with Crippen molar-refractivity contribution < 1.29 is 14.3 Å². The highest BCUT2D eigenvalue weighted by molar-refractivity contribution is 5.97. The number of carbonyl (C=O) groups is 2. The van der Waals surface area contributed by atoms with Gasteiger partial charge in [0.25, 0.3) is 5.91 Å². The Morgan fingerprint density at radius 2 is 1.60 bits per heavy atom. The lowest BCUT2D eigenvalue weighted by Crippen LogP contribution is -2.58. The number of amides is 2. The lowest BCUT2D eigenvalue weighted by atomic mass is 9.90. The molecular formula is C35H44N4O3. The summed E-state index contributed by atoms with van der Waals surface area (Å²) in [7, 11) is 1.69. The van der Waals surface area contributed by atoms with Gasteiger partial charge in [0.2, 0.25) is 5.91 Å². The summed E-state index contributed by atoms with van der Waals surface area (Å²) in [5.41, 5.74) is 10.2. The number of nitrogens with zero attached hydrogens (tertiary/aromatic N) is 2. The van der Waals surface area contributed by atoms with Gasteiger partial charge < -0.3 is 20.7 Å². The Kier molecular flexibility index (Phi) is 9.93. The highest BCUT2D eigenvalue weighted by Crippen LogP contribution is 2.28. The second kappa shape index (κ2) is 14.0. The van der Waals surface area contributed by atoms with Gasteiger partial charge in [0.1, 0.15) is 11.8 Å². The molecule has 42 heavy (non-hydrogen) atoms. The number of nitrogens with one attached hydrogen (secondary N) is 1. The van der Waals surface area contributed by atoms with Crippen LogP contribution in [0.25, 0.3) is 0 Å². The van der Waals surface area contributed by atoms with E-state index in [0.717, 1.165) is 62.1 Å². The minimum atomic E-state index is -0.545. The maximum absolute atomic E-state index is 13.9. The van der Waals surface area contributed by atoms with Gasteiger partial charge in [-0.05, 0) is 80.8 Å². The molecule has 7 nitrogen and oxygen atoms in total. The van der Waals surface area contributed by atoms with Crippen molar-refractivity contribution >= 4 is 11.8 Å². The van der Waals surface area contributed by atoms with Gasteiger partial charge in [-0.2, -0.15) is 0 Å². The summed E-state index contributed by atoms with van der Waals surface area (Å²) in [5.74, 6) is 0.693. The van der Waals surface area contributed by atoms with Crippen molar-refractivity contribution in [3.8, 4) is 5.75 Å². The van der Waals surface area contributed by atoms with E-state index in [1.165, 1.54) is 5.56 Å². The number of ether oxygens (including phenoxy) is 1. The predicted octanol–water partition coefficient (Wildman–Crippen LogP) is 5.07. The summed E-state index contributed by atoms with van der Waals surface area (Å²) >= 11 is 0. The van der Waals surface area contributed by atoms with Gasteiger partial charge in [-0.3, -0.25) is 14.5 Å². The second-order valence-electron chi connectivity index (χ2n) is 11.9. The fourth-order valence-corrected chi connectivity index (χ4v) is 6.33. The SMILES string of the molecule is COc1cccc(CN(Cc2ccccc2)C2CCN(C(=O)c3ccc(C)cc3)[C@@H](C(=O)NC3CCC(N)CC3)C2)c1. The van der Waals surface area contributed by atoms with Crippen molar-refractivity contribution in [2.75, 3.05) is 13.7 Å². The maximum Gasteiger partial charge on any atom is 0.254 e. The van der Waals surface area contributed by atoms with Crippen molar-refractivity contribution in [2.45, 2.75) is 82.7 Å². The van der Waals surface area contributed by atoms with Gasteiger partial charge in [0.15, 0.2) is 0 Å². The van der Waals surface area contributed by atoms with Gasteiger partial charge in [0, 0.05) is 43.3 Å². The number of aryl methyl sites for hydroxylation is 1. The summed E-state index contributed by atoms with van der Waals surface area (Å²) < 4.78 is 5.49. The number of rotatable bonds is 9. The smallest absolute Gasteiger partial charge is 0.254 e. The van der Waals surface area contributed by atoms with Crippen molar-refractivity contribution in [1.82, 2.24) is 15.1 Å². The predicted molar refractivity (Wildman–Crippen MR) is 166 cm³/mol. The summed E-state index contributed by atoms with van der Waals surface area (Å²) in [6.45, 7) is 4.01. The first-order valence-electron chi connectivity index (χ1n) is 15.2. The number of nitrogens with two attached hydrogens (primary N) is 1. The standard InChI is InChI=1S/C35H44N4O3/c1-25-11-13-28(14-12-25)35(41)39-20-19-31(22-33(39)34(40)37-30-17-15-29(36)16-18-30)38(23-26-7-4-3-5-8-26)24-27-9-6-10-32(21-27)42-2/h3-14,21,29-31,33H,15-20,22-24,36H2,1-2H3,(H,37,40)/t29?,30?,31?,33-/m1/s1. The molecule has 5 rings (SSSR count). The van der Waals surface area contributed by atoms with Crippen molar-refractivity contribution in [1.29, 1.82) is 0 Å². The van der Waals surface area contributed by atoms with E-state index in [-0.39, 0.29) is 29.9 Å². The number of hydrogen-bond acceptors (Lipinski definition) is 5. The van der Waals surface area contributed by atoms with Crippen LogP contribution in [0.1, 0.15) is 65.6 Å². The molecule has 7 heteroatoms. The zero-order valence-corrected chi connectivity index (χ0v) is 24.9. The molecule has 0 aromatic heterocycles. The molecule has 3 aromatic rings. The molecule has 1 aliphatic carbocycles. The molecule has 1 heterocycles. The molecule has 0 bridgehead atoms. The van der Waals surface area contributed by atoms with Gasteiger partial charge in [-0.25, -0.2) is 0 Å². The van der Waals surface area contributed by atoms with E-state index in [1.54, 1.807) is 12.0 Å². The summed E-state index contributed by atoms with van der Waals surface area (Å²) in [6, 6.07) is 26.1. The minimum absolute atomic E-state index is 0.0540. The van der Waals surface area contributed by atoms with Crippen molar-refractivity contribution in [2.24, 2.45) is 5.73 Å². The molecule has 2 fully saturated rings. The molecule has 3 aromatic carbocycles. The monoisotopic (exact) mass is 568 g/mol. The largest absolute Gasteiger partial charge is 0.497 e. The Hall–Kier alpha value is -3.68. The fraction of sp³-hybridized carbons (Fsp3) is 0.429. The van der Waals surface area contributed by atoms with Gasteiger partial charge >= 0.3 is 0 Å². The van der Waals surface area contributed by atoms with Gasteiger partial charge in [-0.1, -0.05) is 60.2 Å². The number of carbonyl (C=O) groups excluding carboxylic acids is 2. The topological polar surface area (TPSA) is 87.9 Å². The number of hydrogen-bond donors (Lipinski definition) is 2. The molecule has 0 radical (unpaired) electrons. The molecule has 2 atom stereocenters. The van der Waals surface area contributed by atoms with E-state index in [2.05, 4.69) is 46.6 Å². The third-order valence-corrected chi connectivity index (χ3v) is 8.82. The summed E-state index contributed by atoms with van der Waals surface area (Å²) in [6.07, 6.45) is 4.95. The van der Waals surface area contributed by atoms with Crippen LogP contribution in [0.2, 0.25) is 0 Å². The third kappa shape index (κ3) is 7.58. The number of benzene rings is 3. The minimum Gasteiger partial charge on any atom is -0.497 e. The Morgan fingerprint density at radius 3 is 2.31 bits per heavy atom. The zero-order chi connectivity index (χ0) is 29.5. The molecule has 222 valence electrons. The van der Waals surface area contributed by atoms with Crippen LogP contribution >= 0.6 is 0 Å². The number of methoxy groups -OCH3 is 1. The van der Waals surface area contributed by atoms with E-state index in [1.807, 2.05) is 49.4 Å². The average molecular weight is 569 g/mol. The first-order valence-corrected chi connectivity index (χ1v) is 15.2. The highest BCUT2D eigenvalue weighted by Gasteiger charge is 2.39. The molecule has 3 N–H and O–H groups in total. The second-order valence-corrected chi connectivity index (χ2v) is 11.9. The van der Waals surface area contributed by atoms with Crippen LogP contribution in [-0.4, -0.2) is 59.4 Å². The molecule has 1 unspecified atom stereocenters. The Balaban J connectivity index is 1.40. The van der Waals surface area contributed by atoms with Crippen molar-refractivity contribution in [3.05, 3.63) is 101 Å². The van der Waals surface area contributed by atoms with E-state index in [9.17, 15) is 9.59 Å². The Bertz CT molecular complexity index is 1320. The number of piperidine rings is 1. The highest BCUT2D eigenvalue weighted by atomic mass is 16.5. The van der Waals surface area contributed by atoms with E-state index in [4.69, 9.17) is 10.5 Å². The van der Waals surface area contributed by atoms with Gasteiger partial charge in [0.05, 0.1) is 7.11 Å². The zero-order valence-electron chi connectivity index (χ0n) is 24.9. The first kappa shape index (κ1) is 29.8. The molecule has 0 spiro atoms. The van der Waals surface area contributed by atoms with E-state index >= 15 is 0 Å². The molecule has 1 saturated carbocycles. The van der Waals surface area contributed by atoms with Crippen LogP contribution < -0.4 is 15.8 Å².